The lowest BCUT2D eigenvalue weighted by Gasteiger charge is -2.36. The van der Waals surface area contributed by atoms with Crippen LogP contribution in [0.15, 0.2) is 42.5 Å². The fraction of sp³-hybridized carbons (Fsp3) is 0.385. The minimum atomic E-state index is -0.609. The highest BCUT2D eigenvalue weighted by molar-refractivity contribution is 6.04. The summed E-state index contributed by atoms with van der Waals surface area (Å²) < 4.78 is 0. The summed E-state index contributed by atoms with van der Waals surface area (Å²) in [6, 6.07) is 12.3. The minimum absolute atomic E-state index is 0.168. The first kappa shape index (κ1) is 22.3. The Bertz CT molecular complexity index is 1140. The lowest BCUT2D eigenvalue weighted by Crippen LogP contribution is -2.43. The van der Waals surface area contributed by atoms with Crippen molar-refractivity contribution >= 4 is 29.3 Å². The molecule has 5 rings (SSSR count). The van der Waals surface area contributed by atoms with Crippen LogP contribution in [0.3, 0.4) is 0 Å². The number of hydrogen-bond acceptors (Lipinski definition) is 5. The number of likely N-dealkylation sites (tertiary alicyclic amines) is 1. The molecule has 2 fully saturated rings. The summed E-state index contributed by atoms with van der Waals surface area (Å²) in [5.74, 6) is -1.60. The van der Waals surface area contributed by atoms with Gasteiger partial charge in [-0.25, -0.2) is 0 Å². The molecule has 0 radical (unpaired) electrons. The molecular weight excluding hydrogens is 432 g/mol. The van der Waals surface area contributed by atoms with E-state index in [4.69, 9.17) is 0 Å². The lowest BCUT2D eigenvalue weighted by molar-refractivity contribution is -0.134. The van der Waals surface area contributed by atoms with Crippen molar-refractivity contribution in [2.75, 3.05) is 18.4 Å². The van der Waals surface area contributed by atoms with E-state index >= 15 is 0 Å². The maximum atomic E-state index is 13.8. The third-order valence-corrected chi connectivity index (χ3v) is 6.99. The number of anilines is 1. The molecule has 3 N–H and O–H groups in total. The molecule has 2 aromatic rings. The number of piperidine rings is 2. The SMILES string of the molecule is O=C1CCC(c2c(C(C(=O)Nc3ccccc3)N3CCCCC3)ccc3c2CNC3=O)C(=O)N1. The summed E-state index contributed by atoms with van der Waals surface area (Å²) in [6.07, 6.45) is 3.69. The van der Waals surface area contributed by atoms with Crippen molar-refractivity contribution in [2.45, 2.75) is 50.6 Å². The van der Waals surface area contributed by atoms with Gasteiger partial charge in [0.1, 0.15) is 6.04 Å². The van der Waals surface area contributed by atoms with Crippen LogP contribution in [0, 0.1) is 0 Å². The van der Waals surface area contributed by atoms with E-state index in [9.17, 15) is 19.2 Å². The number of para-hydroxylation sites is 1. The Kier molecular flexibility index (Phi) is 6.15. The van der Waals surface area contributed by atoms with E-state index in [1.54, 1.807) is 6.07 Å². The predicted octanol–water partition coefficient (Wildman–Crippen LogP) is 2.62. The van der Waals surface area contributed by atoms with Crippen LogP contribution in [0.1, 0.15) is 71.1 Å². The molecule has 8 nitrogen and oxygen atoms in total. The van der Waals surface area contributed by atoms with E-state index in [1.165, 1.54) is 0 Å². The van der Waals surface area contributed by atoms with Crippen LogP contribution in [0.25, 0.3) is 0 Å². The first-order valence-corrected chi connectivity index (χ1v) is 11.9. The lowest BCUT2D eigenvalue weighted by atomic mass is 9.80. The van der Waals surface area contributed by atoms with E-state index < -0.39 is 12.0 Å². The van der Waals surface area contributed by atoms with Crippen LogP contribution < -0.4 is 16.0 Å². The molecule has 2 unspecified atom stereocenters. The van der Waals surface area contributed by atoms with Crippen molar-refractivity contribution in [1.29, 1.82) is 0 Å². The number of nitrogens with one attached hydrogen (secondary N) is 3. The standard InChI is InChI=1S/C26H28N4O4/c31-21-12-11-19(25(33)29-21)22-18(10-9-17-20(22)15-27-24(17)32)23(30-13-5-2-6-14-30)26(34)28-16-7-3-1-4-8-16/h1,3-4,7-10,19,23H,2,5-6,11-15H2,(H,27,32)(H,28,34)(H,29,31,33). The number of amides is 4. The zero-order valence-electron chi connectivity index (χ0n) is 18.9. The number of fused-ring (bicyclic) bond motifs is 1. The third-order valence-electron chi connectivity index (χ3n) is 6.99. The molecule has 34 heavy (non-hydrogen) atoms. The second kappa shape index (κ2) is 9.38. The van der Waals surface area contributed by atoms with Gasteiger partial charge in [-0.3, -0.25) is 29.4 Å². The molecule has 0 aromatic heterocycles. The van der Waals surface area contributed by atoms with Gasteiger partial charge >= 0.3 is 0 Å². The first-order chi connectivity index (χ1) is 16.5. The molecule has 0 aliphatic carbocycles. The quantitative estimate of drug-likeness (QED) is 0.595. The number of carbonyl (C=O) groups excluding carboxylic acids is 4. The summed E-state index contributed by atoms with van der Waals surface area (Å²) in [5.41, 5.74) is 3.44. The third kappa shape index (κ3) is 4.21. The molecule has 3 aliphatic heterocycles. The van der Waals surface area contributed by atoms with Gasteiger partial charge in [-0.15, -0.1) is 0 Å². The monoisotopic (exact) mass is 460 g/mol. The number of imide groups is 1. The second-order valence-electron chi connectivity index (χ2n) is 9.14. The van der Waals surface area contributed by atoms with Crippen LogP contribution in [0.5, 0.6) is 0 Å². The molecule has 3 aliphatic rings. The van der Waals surface area contributed by atoms with Gasteiger partial charge in [0.05, 0.1) is 5.92 Å². The van der Waals surface area contributed by atoms with Crippen molar-refractivity contribution in [3.05, 3.63) is 64.7 Å². The van der Waals surface area contributed by atoms with E-state index in [0.717, 1.165) is 43.5 Å². The van der Waals surface area contributed by atoms with Gasteiger partial charge in [-0.2, -0.15) is 0 Å². The summed E-state index contributed by atoms with van der Waals surface area (Å²) >= 11 is 0. The van der Waals surface area contributed by atoms with Crippen LogP contribution >= 0.6 is 0 Å². The fourth-order valence-corrected chi connectivity index (χ4v) is 5.38. The van der Waals surface area contributed by atoms with Crippen LogP contribution in [-0.2, 0) is 20.9 Å². The molecule has 2 atom stereocenters. The summed E-state index contributed by atoms with van der Waals surface area (Å²) in [7, 11) is 0. The Labute approximate surface area is 198 Å². The van der Waals surface area contributed by atoms with E-state index in [0.29, 0.717) is 29.8 Å². The van der Waals surface area contributed by atoms with Gasteiger partial charge in [0.25, 0.3) is 5.91 Å². The zero-order valence-corrected chi connectivity index (χ0v) is 18.9. The summed E-state index contributed by atoms with van der Waals surface area (Å²) in [4.78, 5) is 53.2. The normalized spacial score (nSPS) is 21.4. The highest BCUT2D eigenvalue weighted by Gasteiger charge is 2.39. The Hall–Kier alpha value is -3.52. The molecule has 0 bridgehead atoms. The number of nitrogens with zero attached hydrogens (tertiary/aromatic N) is 1. The van der Waals surface area contributed by atoms with Crippen molar-refractivity contribution < 1.29 is 19.2 Å². The number of rotatable bonds is 5. The van der Waals surface area contributed by atoms with Gasteiger partial charge < -0.3 is 10.6 Å². The van der Waals surface area contributed by atoms with E-state index in [2.05, 4.69) is 20.9 Å². The summed E-state index contributed by atoms with van der Waals surface area (Å²) in [5, 5.41) is 8.34. The van der Waals surface area contributed by atoms with Gasteiger partial charge in [-0.05, 0) is 67.2 Å². The molecule has 2 saturated heterocycles. The predicted molar refractivity (Wildman–Crippen MR) is 126 cm³/mol. The Morgan fingerprint density at radius 2 is 1.76 bits per heavy atom. The maximum absolute atomic E-state index is 13.8. The van der Waals surface area contributed by atoms with Crippen LogP contribution in [0.2, 0.25) is 0 Å². The van der Waals surface area contributed by atoms with Crippen LogP contribution in [-0.4, -0.2) is 41.6 Å². The average molecular weight is 461 g/mol. The summed E-state index contributed by atoms with van der Waals surface area (Å²) in [6.45, 7) is 1.86. The van der Waals surface area contributed by atoms with Crippen molar-refractivity contribution in [3.8, 4) is 0 Å². The molecule has 0 saturated carbocycles. The van der Waals surface area contributed by atoms with Gasteiger partial charge in [0.15, 0.2) is 0 Å². The average Bonchev–Trinajstić information content (AvgIpc) is 3.22. The number of hydrogen-bond donors (Lipinski definition) is 3. The van der Waals surface area contributed by atoms with Crippen LogP contribution in [0.4, 0.5) is 5.69 Å². The molecule has 8 heteroatoms. The molecule has 3 heterocycles. The zero-order chi connectivity index (χ0) is 23.7. The Morgan fingerprint density at radius 3 is 2.50 bits per heavy atom. The van der Waals surface area contributed by atoms with E-state index in [1.807, 2.05) is 36.4 Å². The maximum Gasteiger partial charge on any atom is 0.251 e. The highest BCUT2D eigenvalue weighted by atomic mass is 16.2. The number of benzene rings is 2. The molecule has 2 aromatic carbocycles. The van der Waals surface area contributed by atoms with Crippen molar-refractivity contribution in [2.24, 2.45) is 0 Å². The molecule has 176 valence electrons. The van der Waals surface area contributed by atoms with Gasteiger partial charge in [0.2, 0.25) is 17.7 Å². The Morgan fingerprint density at radius 1 is 1.00 bits per heavy atom. The van der Waals surface area contributed by atoms with Crippen molar-refractivity contribution in [1.82, 2.24) is 15.5 Å². The Balaban J connectivity index is 1.61. The smallest absolute Gasteiger partial charge is 0.251 e. The molecule has 4 amide bonds. The molecular formula is C26H28N4O4. The fourth-order valence-electron chi connectivity index (χ4n) is 5.38. The molecule has 0 spiro atoms. The minimum Gasteiger partial charge on any atom is -0.348 e. The van der Waals surface area contributed by atoms with Gasteiger partial charge in [-0.1, -0.05) is 30.7 Å². The van der Waals surface area contributed by atoms with Crippen molar-refractivity contribution in [3.63, 3.8) is 0 Å². The van der Waals surface area contributed by atoms with Gasteiger partial charge in [0, 0.05) is 24.2 Å². The van der Waals surface area contributed by atoms with E-state index in [-0.39, 0.29) is 30.0 Å². The topological polar surface area (TPSA) is 108 Å². The second-order valence-corrected chi connectivity index (χ2v) is 9.14. The largest absolute Gasteiger partial charge is 0.348 e. The highest BCUT2D eigenvalue weighted by Crippen LogP contribution is 2.39. The first-order valence-electron chi connectivity index (χ1n) is 11.9. The number of carbonyl (C=O) groups is 4.